The zero-order valence-corrected chi connectivity index (χ0v) is 24.4. The van der Waals surface area contributed by atoms with E-state index in [4.69, 9.17) is 0 Å². The molecule has 0 fully saturated rings. The molecule has 8 aromatic rings. The predicted octanol–water partition coefficient (Wildman–Crippen LogP) is 9.84. The van der Waals surface area contributed by atoms with Gasteiger partial charge in [0.25, 0.3) is 0 Å². The highest BCUT2D eigenvalue weighted by atomic mass is 79.9. The second kappa shape index (κ2) is 7.13. The van der Waals surface area contributed by atoms with Crippen LogP contribution in [0.2, 0.25) is 0 Å². The third-order valence-electron chi connectivity index (χ3n) is 7.54. The summed E-state index contributed by atoms with van der Waals surface area (Å²) in [6.07, 6.45) is 0. The Labute approximate surface area is 236 Å². The van der Waals surface area contributed by atoms with E-state index in [2.05, 4.69) is 75.9 Å². The summed E-state index contributed by atoms with van der Waals surface area (Å²) in [5.41, 5.74) is 0.00727. The molecule has 36 heavy (non-hydrogen) atoms. The van der Waals surface area contributed by atoms with Gasteiger partial charge in [0.05, 0.1) is 0 Å². The molecule has 2 nitrogen and oxygen atoms in total. The average molecular weight is 722 g/mol. The summed E-state index contributed by atoms with van der Waals surface area (Å²) in [7, 11) is 0. The van der Waals surface area contributed by atoms with E-state index in [1.165, 1.54) is 0 Å². The van der Waals surface area contributed by atoms with E-state index < -0.39 is 0 Å². The molecule has 6 heteroatoms. The van der Waals surface area contributed by atoms with Crippen LogP contribution in [-0.4, -0.2) is 0 Å². The lowest BCUT2D eigenvalue weighted by Gasteiger charge is -2.20. The summed E-state index contributed by atoms with van der Waals surface area (Å²) in [6.45, 7) is 0. The molecule has 0 unspecified atom stereocenters. The van der Waals surface area contributed by atoms with Gasteiger partial charge < -0.3 is 0 Å². The molecule has 0 aliphatic heterocycles. The highest BCUT2D eigenvalue weighted by Gasteiger charge is 2.24. The van der Waals surface area contributed by atoms with Gasteiger partial charge in [-0.15, -0.1) is 0 Å². The fraction of sp³-hybridized carbons (Fsp3) is 0. The highest BCUT2D eigenvalue weighted by Crippen LogP contribution is 2.48. The van der Waals surface area contributed by atoms with Gasteiger partial charge in [-0.2, -0.15) is 0 Å². The SMILES string of the molecule is O=c1c2ccccc2c2cc3cc(Br)c4c(=O)c5c(Br)c(Br)cc(Br)c5c5cc6ccc1c2c6c3c45. The molecule has 0 saturated carbocycles. The van der Waals surface area contributed by atoms with E-state index in [0.717, 1.165) is 77.1 Å². The van der Waals surface area contributed by atoms with E-state index in [-0.39, 0.29) is 10.9 Å². The number of rotatable bonds is 0. The van der Waals surface area contributed by atoms with Crippen molar-refractivity contribution in [1.29, 1.82) is 0 Å². The van der Waals surface area contributed by atoms with Gasteiger partial charge in [-0.1, -0.05) is 46.3 Å². The van der Waals surface area contributed by atoms with Crippen LogP contribution in [0.15, 0.2) is 88.1 Å². The molecule has 170 valence electrons. The lowest BCUT2D eigenvalue weighted by molar-refractivity contribution is 1.61. The highest BCUT2D eigenvalue weighted by molar-refractivity contribution is 9.13. The number of hydrogen-bond donors (Lipinski definition) is 0. The van der Waals surface area contributed by atoms with Gasteiger partial charge in [0.15, 0.2) is 10.9 Å². The maximum Gasteiger partial charge on any atom is 0.196 e. The quantitative estimate of drug-likeness (QED) is 0.0888. The van der Waals surface area contributed by atoms with Gasteiger partial charge in [-0.3, -0.25) is 9.59 Å². The summed E-state index contributed by atoms with van der Waals surface area (Å²) >= 11 is 14.7. The number of fused-ring (bicyclic) bond motifs is 4. The standard InChI is InChI=1S/C30H10Br4O2/c31-18-9-12-8-16-13-3-1-2-4-14(13)29(35)15-6-5-11-7-17-24-19(32)10-20(33)28(34)27(24)30(36)26(18)25(17)22(12)21(11)23(15)16/h1-10H. The molecule has 0 radical (unpaired) electrons. The normalized spacial score (nSPS) is 12.7. The largest absolute Gasteiger partial charge is 0.289 e. The molecular weight excluding hydrogens is 712 g/mol. The van der Waals surface area contributed by atoms with Gasteiger partial charge >= 0.3 is 0 Å². The summed E-state index contributed by atoms with van der Waals surface area (Å²) in [6, 6.07) is 20.2. The van der Waals surface area contributed by atoms with Gasteiger partial charge in [0.2, 0.25) is 0 Å². The van der Waals surface area contributed by atoms with Crippen molar-refractivity contribution in [2.45, 2.75) is 0 Å². The number of hydrogen-bond acceptors (Lipinski definition) is 2. The van der Waals surface area contributed by atoms with Crippen LogP contribution in [0.25, 0.3) is 75.4 Å². The van der Waals surface area contributed by atoms with Gasteiger partial charge in [-0.25, -0.2) is 0 Å². The first-order chi connectivity index (χ1) is 17.4. The minimum absolute atomic E-state index is 0.0369. The molecule has 0 amide bonds. The molecule has 0 atom stereocenters. The van der Waals surface area contributed by atoms with Gasteiger partial charge in [-0.05, 0) is 116 Å². The Morgan fingerprint density at radius 1 is 0.417 bits per heavy atom. The summed E-state index contributed by atoms with van der Waals surface area (Å²) in [4.78, 5) is 27.6. The van der Waals surface area contributed by atoms with Crippen molar-refractivity contribution in [1.82, 2.24) is 0 Å². The van der Waals surface area contributed by atoms with Crippen molar-refractivity contribution in [3.05, 3.63) is 99.0 Å². The first-order valence-corrected chi connectivity index (χ1v) is 14.4. The Morgan fingerprint density at radius 3 is 1.92 bits per heavy atom. The smallest absolute Gasteiger partial charge is 0.196 e. The molecule has 0 N–H and O–H groups in total. The van der Waals surface area contributed by atoms with E-state index in [1.807, 2.05) is 48.5 Å². The Kier molecular flexibility index (Phi) is 4.30. The molecule has 8 rings (SSSR count). The van der Waals surface area contributed by atoms with E-state index >= 15 is 0 Å². The van der Waals surface area contributed by atoms with E-state index in [9.17, 15) is 9.59 Å². The zero-order valence-electron chi connectivity index (χ0n) is 18.1. The lowest BCUT2D eigenvalue weighted by Crippen LogP contribution is -2.07. The lowest BCUT2D eigenvalue weighted by atomic mass is 9.84. The van der Waals surface area contributed by atoms with Gasteiger partial charge in [0.1, 0.15) is 0 Å². The molecule has 0 heterocycles. The molecular formula is C30H10Br4O2. The third kappa shape index (κ3) is 2.47. The fourth-order valence-electron chi connectivity index (χ4n) is 6.14. The van der Waals surface area contributed by atoms with Crippen LogP contribution in [0.1, 0.15) is 0 Å². The van der Waals surface area contributed by atoms with Crippen LogP contribution in [0.5, 0.6) is 0 Å². The van der Waals surface area contributed by atoms with Crippen molar-refractivity contribution in [2.75, 3.05) is 0 Å². The minimum Gasteiger partial charge on any atom is -0.289 e. The van der Waals surface area contributed by atoms with Crippen molar-refractivity contribution in [3.8, 4) is 0 Å². The summed E-state index contributed by atoms with van der Waals surface area (Å²) in [5, 5.41) is 12.7. The second-order valence-electron chi connectivity index (χ2n) is 9.25. The number of halogens is 4. The number of benzene rings is 8. The third-order valence-corrected chi connectivity index (χ3v) is 10.8. The topological polar surface area (TPSA) is 34.1 Å². The molecule has 0 aliphatic carbocycles. The molecule has 0 aliphatic rings. The Bertz CT molecular complexity index is 2400. The van der Waals surface area contributed by atoms with Crippen LogP contribution in [0.3, 0.4) is 0 Å². The Balaban J connectivity index is 1.81. The Morgan fingerprint density at radius 2 is 1.11 bits per heavy atom. The average Bonchev–Trinajstić information content (AvgIpc) is 2.87. The van der Waals surface area contributed by atoms with Crippen LogP contribution < -0.4 is 10.9 Å². The van der Waals surface area contributed by atoms with Crippen molar-refractivity contribution in [3.63, 3.8) is 0 Å². The molecule has 0 saturated heterocycles. The summed E-state index contributed by atoms with van der Waals surface area (Å²) in [5.74, 6) is 0. The molecule has 8 aromatic carbocycles. The van der Waals surface area contributed by atoms with Crippen LogP contribution in [0.4, 0.5) is 0 Å². The minimum atomic E-state index is -0.0369. The van der Waals surface area contributed by atoms with Crippen LogP contribution in [0, 0.1) is 0 Å². The predicted molar refractivity (Wildman–Crippen MR) is 166 cm³/mol. The first kappa shape index (κ1) is 21.7. The molecule has 0 spiro atoms. The van der Waals surface area contributed by atoms with E-state index in [0.29, 0.717) is 16.2 Å². The first-order valence-electron chi connectivity index (χ1n) is 11.2. The maximum absolute atomic E-state index is 14.0. The summed E-state index contributed by atoms with van der Waals surface area (Å²) < 4.78 is 3.17. The van der Waals surface area contributed by atoms with Crippen molar-refractivity contribution in [2.24, 2.45) is 0 Å². The van der Waals surface area contributed by atoms with Gasteiger partial charge in [0, 0.05) is 55.6 Å². The monoisotopic (exact) mass is 718 g/mol. The van der Waals surface area contributed by atoms with Crippen molar-refractivity contribution >= 4 is 139 Å². The Hall–Kier alpha value is -2.38. The van der Waals surface area contributed by atoms with Crippen LogP contribution >= 0.6 is 63.7 Å². The fourth-order valence-corrected chi connectivity index (χ4v) is 8.64. The maximum atomic E-state index is 14.0. The molecule has 0 aromatic heterocycles. The second-order valence-corrected chi connectivity index (χ2v) is 12.6. The van der Waals surface area contributed by atoms with Crippen LogP contribution in [-0.2, 0) is 0 Å². The van der Waals surface area contributed by atoms with Crippen molar-refractivity contribution < 1.29 is 0 Å². The molecule has 0 bridgehead atoms. The zero-order chi connectivity index (χ0) is 24.6. The van der Waals surface area contributed by atoms with E-state index in [1.54, 1.807) is 0 Å².